The first-order valence-corrected chi connectivity index (χ1v) is 34.7. The number of carboxylic acid groups (broad SMARTS) is 6. The average Bonchev–Trinajstić information content (AvgIpc) is 1.22. The molecule has 0 unspecified atom stereocenters. The smallest absolute Gasteiger partial charge is 0.354 e. The summed E-state index contributed by atoms with van der Waals surface area (Å²) in [7, 11) is 0. The van der Waals surface area contributed by atoms with Crippen molar-refractivity contribution in [2.45, 2.75) is 152 Å². The number of amides is 7. The van der Waals surface area contributed by atoms with E-state index in [0.29, 0.717) is 83.2 Å². The summed E-state index contributed by atoms with van der Waals surface area (Å²) in [6, 6.07) is 18.8. The van der Waals surface area contributed by atoms with Gasteiger partial charge in [0.1, 0.15) is 35.9 Å². The molecule has 0 spiro atoms. The zero-order chi connectivity index (χ0) is 71.8. The number of aromatic carboxylic acids is 1. The highest BCUT2D eigenvalue weighted by Crippen LogP contribution is 2.29. The van der Waals surface area contributed by atoms with E-state index in [2.05, 4.69) is 64.8 Å². The number of unbranched alkanes of at least 4 members (excludes halogenated alkanes) is 2. The van der Waals surface area contributed by atoms with E-state index in [-0.39, 0.29) is 114 Å². The summed E-state index contributed by atoms with van der Waals surface area (Å²) >= 11 is 2.24. The van der Waals surface area contributed by atoms with E-state index in [1.165, 1.54) is 6.07 Å². The Morgan fingerprint density at radius 3 is 1.79 bits per heavy atom. The highest BCUT2D eigenvalue weighted by Gasteiger charge is 2.33. The average molecular weight is 1490 g/mol. The maximum Gasteiger partial charge on any atom is 0.354 e. The van der Waals surface area contributed by atoms with Crippen molar-refractivity contribution in [3.05, 3.63) is 111 Å². The second kappa shape index (κ2) is 41.5. The van der Waals surface area contributed by atoms with Crippen LogP contribution in [0, 0.1) is 15.4 Å². The Hall–Kier alpha value is -8.88. The van der Waals surface area contributed by atoms with E-state index in [9.17, 15) is 83.1 Å². The number of nitrogens with zero attached hydrogens (tertiary/aromatic N) is 4. The number of aromatic nitrogens is 1. The van der Waals surface area contributed by atoms with Gasteiger partial charge in [0.2, 0.25) is 29.5 Å². The number of halogens is 1. The number of fused-ring (bicyclic) bond motifs is 1. The third-order valence-electron chi connectivity index (χ3n) is 17.7. The van der Waals surface area contributed by atoms with E-state index >= 15 is 0 Å². The minimum Gasteiger partial charge on any atom is -0.481 e. The Kier molecular flexibility index (Phi) is 33.2. The summed E-state index contributed by atoms with van der Waals surface area (Å²) in [6.07, 6.45) is 3.87. The summed E-state index contributed by atoms with van der Waals surface area (Å²) in [5.41, 5.74) is 2.23. The predicted molar refractivity (Wildman–Crippen MR) is 370 cm³/mol. The number of carbonyl (C=O) groups is 12. The first-order chi connectivity index (χ1) is 47.4. The monoisotopic (exact) mass is 1490 g/mol. The van der Waals surface area contributed by atoms with Gasteiger partial charge in [0.05, 0.1) is 12.2 Å². The van der Waals surface area contributed by atoms with Crippen molar-refractivity contribution in [3.63, 3.8) is 0 Å². The molecule has 7 amide bonds. The molecule has 1 aliphatic heterocycles. The van der Waals surface area contributed by atoms with Crippen LogP contribution < -0.4 is 37.2 Å². The number of urea groups is 1. The van der Waals surface area contributed by atoms with Gasteiger partial charge in [-0.15, -0.1) is 0 Å². The van der Waals surface area contributed by atoms with Crippen LogP contribution in [0.3, 0.4) is 0 Å². The van der Waals surface area contributed by atoms with Gasteiger partial charge in [-0.2, -0.15) is 0 Å². The molecule has 0 bridgehead atoms. The van der Waals surface area contributed by atoms with Crippen LogP contribution >= 0.6 is 22.6 Å². The zero-order valence-corrected chi connectivity index (χ0v) is 57.5. The van der Waals surface area contributed by atoms with Gasteiger partial charge in [-0.25, -0.2) is 24.2 Å². The summed E-state index contributed by atoms with van der Waals surface area (Å²) in [5.74, 6) is -10.2. The molecule has 6 rings (SSSR count). The van der Waals surface area contributed by atoms with E-state index in [0.717, 1.165) is 31.9 Å². The summed E-state index contributed by atoms with van der Waals surface area (Å²) < 4.78 is 1.12. The fourth-order valence-corrected chi connectivity index (χ4v) is 12.5. The molecule has 0 radical (unpaired) electrons. The second-order valence-corrected chi connectivity index (χ2v) is 26.4. The Morgan fingerprint density at radius 2 is 1.13 bits per heavy atom. The van der Waals surface area contributed by atoms with E-state index in [1.54, 1.807) is 21.9 Å². The Balaban J connectivity index is 1.04. The molecule has 2 heterocycles. The molecule has 1 aromatic heterocycles. The first kappa shape index (κ1) is 79.1. The van der Waals surface area contributed by atoms with Crippen LogP contribution in [-0.2, 0) is 67.3 Å². The lowest BCUT2D eigenvalue weighted by atomic mass is 9.81. The van der Waals surface area contributed by atoms with Gasteiger partial charge in [-0.3, -0.25) is 53.1 Å². The molecule has 29 nitrogen and oxygen atoms in total. The van der Waals surface area contributed by atoms with Crippen LogP contribution in [0.5, 0.6) is 0 Å². The molecular formula is C69H92IN11O18. The molecular weight excluding hydrogens is 1400 g/mol. The quantitative estimate of drug-likeness (QED) is 0.0220. The van der Waals surface area contributed by atoms with Crippen molar-refractivity contribution < 1.29 is 88.2 Å². The fraction of sp³-hybridized carbons (Fsp3) is 0.522. The van der Waals surface area contributed by atoms with Gasteiger partial charge in [0, 0.05) is 101 Å². The van der Waals surface area contributed by atoms with Crippen LogP contribution in [-0.4, -0.2) is 217 Å². The lowest BCUT2D eigenvalue weighted by molar-refractivity contribution is -0.145. The molecule has 2 aliphatic rings. The van der Waals surface area contributed by atoms with Crippen molar-refractivity contribution in [2.24, 2.45) is 11.8 Å². The number of benzene rings is 3. The maximum absolute atomic E-state index is 14.2. The van der Waals surface area contributed by atoms with Crippen LogP contribution in [0.25, 0.3) is 10.8 Å². The standard InChI is InChI=1S/C69H92IN11O18/c70-50-25-20-44(21-26-50)9-7-16-58(82)71-31-5-3-13-52(75-59(83)29-28-57(68(97)98)81-37-35-79(33-34-80(36-38-81)43-61(86)87)42-51-12-8-15-53(74-51)65(91)92)63(89)73-41-45-17-23-48(24-18-45)62(88)76-56(40-46-19-22-47-10-1-2-11-49(47)39-46)64(90)72-32-6-4-14-54(66(93)94)77-69(99)78-55(67(95)96)27-30-60(84)85/h1-2,8,10-12,15,19-22,25-26,39,45,48,52,54-57H,3-7,9,13-14,16-18,23-24,27-38,40-43H2,(H,71,82)(H,72,90)(H,73,89)(H,75,83)(H,76,88)(H,84,85)(H,86,87)(H,91,92)(H,93,94)(H,95,96)(H,97,98)(H2,77,78,99)/t45?,48?,52-,54-,55-,56+,57+/m0/s1. The molecule has 1 saturated carbocycles. The van der Waals surface area contributed by atoms with Crippen molar-refractivity contribution >= 4 is 105 Å². The largest absolute Gasteiger partial charge is 0.481 e. The molecule has 4 aromatic rings. The minimum absolute atomic E-state index is 0.0606. The molecule has 1 saturated heterocycles. The molecule has 99 heavy (non-hydrogen) atoms. The number of aryl methyl sites for hydroxylation is 1. The Bertz CT molecular complexity index is 3410. The third-order valence-corrected chi connectivity index (χ3v) is 18.4. The summed E-state index contributed by atoms with van der Waals surface area (Å²) in [5, 5.41) is 78.8. The number of hydrogen-bond donors (Lipinski definition) is 13. The van der Waals surface area contributed by atoms with Gasteiger partial charge < -0.3 is 67.9 Å². The summed E-state index contributed by atoms with van der Waals surface area (Å²) in [6.45, 7) is 2.12. The summed E-state index contributed by atoms with van der Waals surface area (Å²) in [4.78, 5) is 162. The first-order valence-electron chi connectivity index (χ1n) is 33.6. The highest BCUT2D eigenvalue weighted by atomic mass is 127. The van der Waals surface area contributed by atoms with Crippen LogP contribution in [0.1, 0.15) is 130 Å². The van der Waals surface area contributed by atoms with E-state index < -0.39 is 109 Å². The van der Waals surface area contributed by atoms with E-state index in [1.807, 2.05) is 71.6 Å². The molecule has 538 valence electrons. The lowest BCUT2D eigenvalue weighted by Crippen LogP contribution is -2.51. The number of carboxylic acids is 6. The number of hydrogen-bond acceptors (Lipinski definition) is 16. The third kappa shape index (κ3) is 28.9. The van der Waals surface area contributed by atoms with Gasteiger partial charge in [0.25, 0.3) is 0 Å². The SMILES string of the molecule is O=C(O)CC[C@H](NC(=O)N[C@@H](CCCCNC(=O)[C@@H](Cc1ccc2ccccc2c1)NC(=O)C1CCC(CNC(=O)[C@H](CCCCNC(=O)CCCc2ccc(I)cc2)NC(=O)CC[C@H](C(=O)O)N2CCN(CC(=O)O)CCN(Cc3cccc(C(=O)O)n3)CC2)CC1)C(=O)O)C(=O)O. The number of aliphatic carboxylic acids is 5. The van der Waals surface area contributed by atoms with Gasteiger partial charge >= 0.3 is 41.8 Å². The van der Waals surface area contributed by atoms with E-state index in [4.69, 9.17) is 5.11 Å². The molecule has 30 heteroatoms. The van der Waals surface area contributed by atoms with Crippen LogP contribution in [0.4, 0.5) is 4.79 Å². The lowest BCUT2D eigenvalue weighted by Gasteiger charge is -2.31. The second-order valence-electron chi connectivity index (χ2n) is 25.2. The molecule has 5 atom stereocenters. The van der Waals surface area contributed by atoms with Gasteiger partial charge in [-0.05, 0) is 165 Å². The molecule has 13 N–H and O–H groups in total. The molecule has 3 aromatic carbocycles. The maximum atomic E-state index is 14.2. The normalized spacial score (nSPS) is 16.9. The highest BCUT2D eigenvalue weighted by molar-refractivity contribution is 14.1. The predicted octanol–water partition coefficient (Wildman–Crippen LogP) is 4.08. The van der Waals surface area contributed by atoms with Gasteiger partial charge in [-0.1, -0.05) is 60.7 Å². The van der Waals surface area contributed by atoms with Gasteiger partial charge in [0.15, 0.2) is 0 Å². The molecule has 1 aliphatic carbocycles. The van der Waals surface area contributed by atoms with Crippen molar-refractivity contribution in [3.8, 4) is 0 Å². The van der Waals surface area contributed by atoms with Crippen molar-refractivity contribution in [2.75, 3.05) is 65.4 Å². The minimum atomic E-state index is -1.57. The topological polar surface area (TPSA) is 433 Å². The number of rotatable bonds is 40. The van der Waals surface area contributed by atoms with Crippen LogP contribution in [0.2, 0.25) is 0 Å². The number of carbonyl (C=O) groups excluding carboxylic acids is 6. The van der Waals surface area contributed by atoms with Crippen molar-refractivity contribution in [1.82, 2.24) is 56.9 Å². The zero-order valence-electron chi connectivity index (χ0n) is 55.4. The van der Waals surface area contributed by atoms with Crippen LogP contribution in [0.15, 0.2) is 84.9 Å². The molecule has 2 fully saturated rings. The van der Waals surface area contributed by atoms with Crippen molar-refractivity contribution in [1.29, 1.82) is 0 Å². The number of nitrogens with one attached hydrogen (secondary N) is 7. The fourth-order valence-electron chi connectivity index (χ4n) is 12.1. The Labute approximate surface area is 587 Å². The number of pyridine rings is 1. The Morgan fingerprint density at radius 1 is 0.515 bits per heavy atom.